The number of aliphatic hydroxyl groups excluding tert-OH is 1. The maximum Gasteiger partial charge on any atom is 0.250 e. The molecule has 0 amide bonds. The fraction of sp³-hybridized carbons (Fsp3) is 0.409. The van der Waals surface area contributed by atoms with Gasteiger partial charge in [-0.3, -0.25) is 9.69 Å². The van der Waals surface area contributed by atoms with Crippen molar-refractivity contribution in [1.29, 1.82) is 0 Å². The van der Waals surface area contributed by atoms with Crippen LogP contribution in [0.15, 0.2) is 47.4 Å². The van der Waals surface area contributed by atoms with Gasteiger partial charge in [-0.15, -0.1) is 0 Å². The quantitative estimate of drug-likeness (QED) is 0.731. The number of methoxy groups -OCH3 is 1. The molecule has 1 saturated heterocycles. The standard InChI is InChI=1S/C22H25N3O3/c1-28-16-5-6-19-17(8-16)18(9-23-19)21(26)13-24-10-14-7-15(12-24)20-3-2-4-22(27)25(20)11-14/h2-6,8-9,14-15,21,23,26H,7,10-13H2,1H3/t14-,15-,21-/m0/s1. The van der Waals surface area contributed by atoms with Crippen molar-refractivity contribution in [1.82, 2.24) is 14.5 Å². The van der Waals surface area contributed by atoms with E-state index in [1.807, 2.05) is 35.0 Å². The van der Waals surface area contributed by atoms with Crippen LogP contribution in [0.4, 0.5) is 0 Å². The van der Waals surface area contributed by atoms with Crippen molar-refractivity contribution in [3.8, 4) is 5.75 Å². The van der Waals surface area contributed by atoms with E-state index in [1.54, 1.807) is 13.2 Å². The lowest BCUT2D eigenvalue weighted by atomic mass is 9.83. The Morgan fingerprint density at radius 2 is 2.14 bits per heavy atom. The van der Waals surface area contributed by atoms with Gasteiger partial charge in [0, 0.05) is 66.5 Å². The number of hydrogen-bond donors (Lipinski definition) is 2. The third-order valence-electron chi connectivity index (χ3n) is 6.27. The molecular weight excluding hydrogens is 354 g/mol. The molecular formula is C22H25N3O3. The molecule has 2 aliphatic heterocycles. The number of β-amino-alcohol motifs (C(OH)–C–C–N with tert-alkyl or cyclic N) is 1. The normalized spacial score (nSPS) is 22.8. The van der Waals surface area contributed by atoms with Gasteiger partial charge in [0.2, 0.25) is 0 Å². The van der Waals surface area contributed by atoms with E-state index in [0.29, 0.717) is 18.4 Å². The van der Waals surface area contributed by atoms with Crippen molar-refractivity contribution < 1.29 is 9.84 Å². The third-order valence-corrected chi connectivity index (χ3v) is 6.27. The van der Waals surface area contributed by atoms with Gasteiger partial charge in [-0.05, 0) is 36.6 Å². The second-order valence-corrected chi connectivity index (χ2v) is 8.09. The Morgan fingerprint density at radius 3 is 3.00 bits per heavy atom. The predicted octanol–water partition coefficient (Wildman–Crippen LogP) is 2.49. The molecule has 5 rings (SSSR count). The summed E-state index contributed by atoms with van der Waals surface area (Å²) in [5.41, 5.74) is 3.15. The number of piperidine rings is 1. The summed E-state index contributed by atoms with van der Waals surface area (Å²) in [5, 5.41) is 12.0. The van der Waals surface area contributed by atoms with Crippen LogP contribution in [0.1, 0.15) is 29.7 Å². The predicted molar refractivity (Wildman–Crippen MR) is 108 cm³/mol. The number of aliphatic hydroxyl groups is 1. The van der Waals surface area contributed by atoms with Crippen molar-refractivity contribution in [3.63, 3.8) is 0 Å². The van der Waals surface area contributed by atoms with Gasteiger partial charge < -0.3 is 19.4 Å². The third kappa shape index (κ3) is 2.93. The summed E-state index contributed by atoms with van der Waals surface area (Å²) >= 11 is 0. The fourth-order valence-electron chi connectivity index (χ4n) is 5.01. The van der Waals surface area contributed by atoms with Gasteiger partial charge in [-0.1, -0.05) is 6.07 Å². The number of H-pyrrole nitrogens is 1. The van der Waals surface area contributed by atoms with Crippen LogP contribution in [0, 0.1) is 5.92 Å². The molecule has 0 saturated carbocycles. The number of aromatic amines is 1. The maximum atomic E-state index is 12.2. The van der Waals surface area contributed by atoms with Crippen LogP contribution in [0.2, 0.25) is 0 Å². The van der Waals surface area contributed by atoms with Gasteiger partial charge in [0.1, 0.15) is 5.75 Å². The first-order valence-electron chi connectivity index (χ1n) is 9.87. The minimum atomic E-state index is -0.572. The summed E-state index contributed by atoms with van der Waals surface area (Å²) in [6, 6.07) is 11.5. The molecule has 0 radical (unpaired) electrons. The van der Waals surface area contributed by atoms with E-state index in [1.165, 1.54) is 0 Å². The van der Waals surface area contributed by atoms with E-state index in [2.05, 4.69) is 16.0 Å². The van der Waals surface area contributed by atoms with Crippen molar-refractivity contribution in [2.75, 3.05) is 26.7 Å². The molecule has 2 aromatic heterocycles. The highest BCUT2D eigenvalue weighted by atomic mass is 16.5. The van der Waals surface area contributed by atoms with Gasteiger partial charge in [0.25, 0.3) is 5.56 Å². The molecule has 2 N–H and O–H groups in total. The number of fused-ring (bicyclic) bond motifs is 5. The topological polar surface area (TPSA) is 70.5 Å². The number of rotatable bonds is 4. The first kappa shape index (κ1) is 17.5. The lowest BCUT2D eigenvalue weighted by Gasteiger charge is -2.43. The number of ether oxygens (including phenoxy) is 1. The molecule has 1 aromatic carbocycles. The molecule has 28 heavy (non-hydrogen) atoms. The van der Waals surface area contributed by atoms with Gasteiger partial charge in [0.15, 0.2) is 0 Å². The van der Waals surface area contributed by atoms with E-state index in [-0.39, 0.29) is 5.56 Å². The van der Waals surface area contributed by atoms with Crippen LogP contribution in [0.5, 0.6) is 5.75 Å². The molecule has 2 bridgehead atoms. The molecule has 146 valence electrons. The molecule has 6 nitrogen and oxygen atoms in total. The second-order valence-electron chi connectivity index (χ2n) is 8.09. The summed E-state index contributed by atoms with van der Waals surface area (Å²) in [4.78, 5) is 17.8. The van der Waals surface area contributed by atoms with Gasteiger partial charge in [-0.2, -0.15) is 0 Å². The molecule has 2 aliphatic rings. The Kier molecular flexibility index (Phi) is 4.25. The molecule has 0 spiro atoms. The van der Waals surface area contributed by atoms with Crippen molar-refractivity contribution in [3.05, 3.63) is 64.2 Å². The maximum absolute atomic E-state index is 12.2. The zero-order chi connectivity index (χ0) is 19.3. The highest BCUT2D eigenvalue weighted by molar-refractivity contribution is 5.85. The van der Waals surface area contributed by atoms with Crippen LogP contribution in [0.25, 0.3) is 10.9 Å². The molecule has 4 heterocycles. The van der Waals surface area contributed by atoms with Gasteiger partial charge >= 0.3 is 0 Å². The number of benzene rings is 1. The molecule has 0 aliphatic carbocycles. The lowest BCUT2D eigenvalue weighted by molar-refractivity contribution is 0.0627. The number of pyridine rings is 1. The van der Waals surface area contributed by atoms with Crippen LogP contribution in [-0.4, -0.2) is 46.3 Å². The smallest absolute Gasteiger partial charge is 0.250 e. The Bertz CT molecular complexity index is 1070. The SMILES string of the molecule is COc1ccc2[nH]cc([C@@H](O)CN3C[C@@H]4C[C@@H](C3)c3cccc(=O)n3C4)c2c1. The summed E-state index contributed by atoms with van der Waals surface area (Å²) in [5.74, 6) is 1.60. The van der Waals surface area contributed by atoms with E-state index in [4.69, 9.17) is 4.74 Å². The number of hydrogen-bond acceptors (Lipinski definition) is 4. The van der Waals surface area contributed by atoms with Crippen molar-refractivity contribution in [2.45, 2.75) is 25.0 Å². The molecule has 1 fully saturated rings. The number of aromatic nitrogens is 2. The van der Waals surface area contributed by atoms with E-state index in [0.717, 1.165) is 54.0 Å². The molecule has 6 heteroatoms. The zero-order valence-electron chi connectivity index (χ0n) is 16.0. The van der Waals surface area contributed by atoms with Gasteiger partial charge in [-0.25, -0.2) is 0 Å². The minimum absolute atomic E-state index is 0.105. The first-order chi connectivity index (χ1) is 13.6. The Labute approximate surface area is 163 Å². The average molecular weight is 379 g/mol. The number of nitrogens with one attached hydrogen (secondary N) is 1. The largest absolute Gasteiger partial charge is 0.497 e. The second kappa shape index (κ2) is 6.79. The Morgan fingerprint density at radius 1 is 1.25 bits per heavy atom. The Balaban J connectivity index is 1.37. The van der Waals surface area contributed by atoms with Crippen molar-refractivity contribution in [2.24, 2.45) is 5.92 Å². The molecule has 3 atom stereocenters. The first-order valence-corrected chi connectivity index (χ1v) is 9.87. The highest BCUT2D eigenvalue weighted by Gasteiger charge is 2.35. The highest BCUT2D eigenvalue weighted by Crippen LogP contribution is 2.36. The van der Waals surface area contributed by atoms with Crippen LogP contribution in [0.3, 0.4) is 0 Å². The van der Waals surface area contributed by atoms with Crippen LogP contribution in [-0.2, 0) is 6.54 Å². The van der Waals surface area contributed by atoms with E-state index < -0.39 is 6.10 Å². The summed E-state index contributed by atoms with van der Waals surface area (Å²) in [7, 11) is 1.65. The molecule has 0 unspecified atom stereocenters. The average Bonchev–Trinajstić information content (AvgIpc) is 3.12. The summed E-state index contributed by atoms with van der Waals surface area (Å²) < 4.78 is 7.28. The van der Waals surface area contributed by atoms with Gasteiger partial charge in [0.05, 0.1) is 13.2 Å². The summed E-state index contributed by atoms with van der Waals surface area (Å²) in [6.07, 6.45) is 2.45. The molecule has 3 aromatic rings. The number of nitrogens with zero attached hydrogens (tertiary/aromatic N) is 2. The Hall–Kier alpha value is -2.57. The zero-order valence-corrected chi connectivity index (χ0v) is 16.0. The monoisotopic (exact) mass is 379 g/mol. The van der Waals surface area contributed by atoms with Crippen LogP contribution >= 0.6 is 0 Å². The summed E-state index contributed by atoms with van der Waals surface area (Å²) in [6.45, 7) is 3.17. The minimum Gasteiger partial charge on any atom is -0.497 e. The van der Waals surface area contributed by atoms with E-state index >= 15 is 0 Å². The number of likely N-dealkylation sites (tertiary alicyclic amines) is 1. The van der Waals surface area contributed by atoms with Crippen molar-refractivity contribution >= 4 is 10.9 Å². The van der Waals surface area contributed by atoms with Crippen LogP contribution < -0.4 is 10.3 Å². The lowest BCUT2D eigenvalue weighted by Crippen LogP contribution is -2.48. The fourth-order valence-corrected chi connectivity index (χ4v) is 5.01. The van der Waals surface area contributed by atoms with E-state index in [9.17, 15) is 9.90 Å².